The van der Waals surface area contributed by atoms with E-state index in [-0.39, 0.29) is 11.3 Å². The van der Waals surface area contributed by atoms with E-state index < -0.39 is 5.72 Å². The fraction of sp³-hybridized carbons (Fsp3) is 0.800. The van der Waals surface area contributed by atoms with Crippen LogP contribution in [0.3, 0.4) is 0 Å². The van der Waals surface area contributed by atoms with Gasteiger partial charge in [-0.25, -0.2) is 10.9 Å². The van der Waals surface area contributed by atoms with Crippen LogP contribution in [0.2, 0.25) is 0 Å². The molecule has 4 fully saturated rings. The molecule has 1 heterocycles. The third-order valence-electron chi connectivity index (χ3n) is 6.16. The first-order chi connectivity index (χ1) is 9.08. The summed E-state index contributed by atoms with van der Waals surface area (Å²) in [6, 6.07) is 0. The number of carbonyl (C=O) groups excluding carboxylic acids is 1. The van der Waals surface area contributed by atoms with Gasteiger partial charge in [-0.3, -0.25) is 4.79 Å². The maximum atomic E-state index is 11.9. The van der Waals surface area contributed by atoms with Crippen LogP contribution >= 0.6 is 0 Å². The monoisotopic (exact) mass is 262 g/mol. The summed E-state index contributed by atoms with van der Waals surface area (Å²) in [6.45, 7) is 0. The maximum absolute atomic E-state index is 11.9. The molecule has 19 heavy (non-hydrogen) atoms. The van der Waals surface area contributed by atoms with Crippen molar-refractivity contribution in [3.63, 3.8) is 0 Å². The van der Waals surface area contributed by atoms with E-state index in [2.05, 4.69) is 0 Å². The summed E-state index contributed by atoms with van der Waals surface area (Å²) < 4.78 is 5.86. The van der Waals surface area contributed by atoms with Gasteiger partial charge in [0, 0.05) is 18.6 Å². The molecule has 1 atom stereocenters. The highest BCUT2D eigenvalue weighted by molar-refractivity contribution is 5.90. The van der Waals surface area contributed by atoms with Crippen molar-refractivity contribution in [3.8, 4) is 0 Å². The van der Waals surface area contributed by atoms with Crippen LogP contribution in [0.5, 0.6) is 0 Å². The molecule has 4 heteroatoms. The zero-order valence-corrected chi connectivity index (χ0v) is 11.5. The standard InChI is InChI=1S/C15H22N2O2/c1-19-15(3-2-13(18)17(15)16)14-7-10-4-11(8-14)6-12(5-10)9-14/h2-3,10-12H,4-9,16H2,1H3. The van der Waals surface area contributed by atoms with Crippen molar-refractivity contribution in [2.45, 2.75) is 44.2 Å². The highest BCUT2D eigenvalue weighted by Gasteiger charge is 2.64. The molecule has 104 valence electrons. The lowest BCUT2D eigenvalue weighted by atomic mass is 9.46. The van der Waals surface area contributed by atoms with Crippen LogP contribution in [0.1, 0.15) is 38.5 Å². The van der Waals surface area contributed by atoms with E-state index in [1.54, 1.807) is 13.2 Å². The van der Waals surface area contributed by atoms with Crippen molar-refractivity contribution in [2.24, 2.45) is 29.0 Å². The van der Waals surface area contributed by atoms with Crippen LogP contribution in [-0.4, -0.2) is 23.8 Å². The Morgan fingerprint density at radius 3 is 2.11 bits per heavy atom. The van der Waals surface area contributed by atoms with Crippen LogP contribution in [0.25, 0.3) is 0 Å². The highest BCUT2D eigenvalue weighted by atomic mass is 16.5. The molecule has 4 bridgehead atoms. The Hall–Kier alpha value is -0.870. The first-order valence-corrected chi connectivity index (χ1v) is 7.42. The fourth-order valence-corrected chi connectivity index (χ4v) is 5.87. The number of methoxy groups -OCH3 is 1. The topological polar surface area (TPSA) is 55.6 Å². The number of amides is 1. The molecule has 4 aliphatic carbocycles. The van der Waals surface area contributed by atoms with E-state index in [0.717, 1.165) is 17.8 Å². The van der Waals surface area contributed by atoms with Gasteiger partial charge in [0.05, 0.1) is 0 Å². The molecule has 5 aliphatic rings. The van der Waals surface area contributed by atoms with Crippen LogP contribution in [0.4, 0.5) is 0 Å². The van der Waals surface area contributed by atoms with E-state index in [1.165, 1.54) is 43.5 Å². The molecule has 1 unspecified atom stereocenters. The number of nitrogens with zero attached hydrogens (tertiary/aromatic N) is 1. The van der Waals surface area contributed by atoms with Crippen molar-refractivity contribution >= 4 is 5.91 Å². The van der Waals surface area contributed by atoms with Crippen LogP contribution in [0.15, 0.2) is 12.2 Å². The smallest absolute Gasteiger partial charge is 0.263 e. The molecular weight excluding hydrogens is 240 g/mol. The van der Waals surface area contributed by atoms with Crippen LogP contribution < -0.4 is 5.84 Å². The first kappa shape index (κ1) is 11.9. The Balaban J connectivity index is 1.78. The summed E-state index contributed by atoms with van der Waals surface area (Å²) in [5.41, 5.74) is -0.645. The second-order valence-corrected chi connectivity index (χ2v) is 7.14. The van der Waals surface area contributed by atoms with Gasteiger partial charge in [-0.15, -0.1) is 0 Å². The summed E-state index contributed by atoms with van der Waals surface area (Å²) >= 11 is 0. The molecule has 1 aliphatic heterocycles. The van der Waals surface area contributed by atoms with Gasteiger partial charge in [-0.05, 0) is 62.4 Å². The van der Waals surface area contributed by atoms with E-state index in [1.807, 2.05) is 6.08 Å². The SMILES string of the molecule is COC1(C23CC4CC(CC(C4)C2)C3)C=CC(=O)N1N. The van der Waals surface area contributed by atoms with Gasteiger partial charge in [0.25, 0.3) is 5.91 Å². The number of hydrazine groups is 1. The average molecular weight is 262 g/mol. The molecule has 0 saturated heterocycles. The minimum Gasteiger partial charge on any atom is -0.353 e. The molecular formula is C15H22N2O2. The number of ether oxygens (including phenoxy) is 1. The van der Waals surface area contributed by atoms with Crippen molar-refractivity contribution < 1.29 is 9.53 Å². The van der Waals surface area contributed by atoms with Gasteiger partial charge in [-0.1, -0.05) is 0 Å². The second kappa shape index (κ2) is 3.61. The Labute approximate surface area is 113 Å². The largest absolute Gasteiger partial charge is 0.353 e. The summed E-state index contributed by atoms with van der Waals surface area (Å²) in [6.07, 6.45) is 11.1. The lowest BCUT2D eigenvalue weighted by Gasteiger charge is -2.62. The molecule has 0 aromatic carbocycles. The summed E-state index contributed by atoms with van der Waals surface area (Å²) in [4.78, 5) is 11.9. The zero-order valence-electron chi connectivity index (χ0n) is 11.5. The maximum Gasteiger partial charge on any atom is 0.263 e. The number of nitrogens with two attached hydrogens (primary N) is 1. The van der Waals surface area contributed by atoms with Gasteiger partial charge < -0.3 is 4.74 Å². The minimum absolute atomic E-state index is 0.0495. The number of hydrogen-bond donors (Lipinski definition) is 1. The van der Waals surface area contributed by atoms with Crippen molar-refractivity contribution in [1.29, 1.82) is 0 Å². The predicted octanol–water partition coefficient (Wildman–Crippen LogP) is 1.82. The second-order valence-electron chi connectivity index (χ2n) is 7.14. The van der Waals surface area contributed by atoms with E-state index in [0.29, 0.717) is 0 Å². The molecule has 2 N–H and O–H groups in total. The van der Waals surface area contributed by atoms with Gasteiger partial charge >= 0.3 is 0 Å². The van der Waals surface area contributed by atoms with E-state index in [4.69, 9.17) is 10.6 Å². The molecule has 4 saturated carbocycles. The Morgan fingerprint density at radius 1 is 1.21 bits per heavy atom. The lowest BCUT2D eigenvalue weighted by Crippen LogP contribution is -2.66. The Bertz CT molecular complexity index is 424. The molecule has 1 amide bonds. The van der Waals surface area contributed by atoms with Crippen LogP contribution in [0, 0.1) is 23.2 Å². The van der Waals surface area contributed by atoms with Gasteiger partial charge in [0.1, 0.15) is 0 Å². The molecule has 0 spiro atoms. The van der Waals surface area contributed by atoms with Gasteiger partial charge in [0.15, 0.2) is 5.72 Å². The zero-order chi connectivity index (χ0) is 13.3. The quantitative estimate of drug-likeness (QED) is 0.610. The third kappa shape index (κ3) is 1.34. The molecule has 5 rings (SSSR count). The highest BCUT2D eigenvalue weighted by Crippen LogP contribution is 2.65. The van der Waals surface area contributed by atoms with E-state index >= 15 is 0 Å². The van der Waals surface area contributed by atoms with Gasteiger partial charge in [0.2, 0.25) is 0 Å². The van der Waals surface area contributed by atoms with Crippen LogP contribution in [-0.2, 0) is 9.53 Å². The summed E-state index contributed by atoms with van der Waals surface area (Å²) in [7, 11) is 1.70. The van der Waals surface area contributed by atoms with Gasteiger partial charge in [-0.2, -0.15) is 0 Å². The van der Waals surface area contributed by atoms with Crippen molar-refractivity contribution in [3.05, 3.63) is 12.2 Å². The lowest BCUT2D eigenvalue weighted by molar-refractivity contribution is -0.228. The minimum atomic E-state index is -0.694. The first-order valence-electron chi connectivity index (χ1n) is 7.42. The van der Waals surface area contributed by atoms with E-state index in [9.17, 15) is 4.79 Å². The number of rotatable bonds is 2. The molecule has 0 aromatic rings. The Kier molecular flexibility index (Phi) is 2.26. The normalized spacial score (nSPS) is 51.4. The molecule has 0 aromatic heterocycles. The fourth-order valence-electron chi connectivity index (χ4n) is 5.87. The Morgan fingerprint density at radius 2 is 1.74 bits per heavy atom. The van der Waals surface area contributed by atoms with Crippen molar-refractivity contribution in [2.75, 3.05) is 7.11 Å². The summed E-state index contributed by atoms with van der Waals surface area (Å²) in [5.74, 6) is 8.41. The number of hydrogen-bond acceptors (Lipinski definition) is 3. The van der Waals surface area contributed by atoms with Crippen molar-refractivity contribution in [1.82, 2.24) is 5.01 Å². The predicted molar refractivity (Wildman–Crippen MR) is 70.5 cm³/mol. The summed E-state index contributed by atoms with van der Waals surface area (Å²) in [5, 5.41) is 1.35. The molecule has 4 nitrogen and oxygen atoms in total. The third-order valence-corrected chi connectivity index (χ3v) is 6.16. The molecule has 0 radical (unpaired) electrons. The average Bonchev–Trinajstić information content (AvgIpc) is 2.66. The number of carbonyl (C=O) groups is 1.